The van der Waals surface area contributed by atoms with Gasteiger partial charge in [-0.25, -0.2) is 9.37 Å². The number of H-pyrrole nitrogens is 1. The smallest absolute Gasteiger partial charge is 0.224 e. The Balaban J connectivity index is 1.79. The summed E-state index contributed by atoms with van der Waals surface area (Å²) in [5.41, 5.74) is 1.15. The van der Waals surface area contributed by atoms with Crippen molar-refractivity contribution in [1.29, 1.82) is 0 Å². The molecule has 0 aliphatic heterocycles. The Hall–Kier alpha value is -1.92. The zero-order chi connectivity index (χ0) is 15.3. The van der Waals surface area contributed by atoms with Crippen LogP contribution in [0.5, 0.6) is 0 Å². The first-order valence-corrected chi connectivity index (χ1v) is 7.51. The number of benzene rings is 1. The molecule has 8 heteroatoms. The van der Waals surface area contributed by atoms with Gasteiger partial charge in [0.2, 0.25) is 5.28 Å². The lowest BCUT2D eigenvalue weighted by atomic mass is 10.2. The lowest BCUT2D eigenvalue weighted by Gasteiger charge is -2.07. The molecule has 3 aromatic rings. The van der Waals surface area contributed by atoms with E-state index in [-0.39, 0.29) is 22.8 Å². The van der Waals surface area contributed by atoms with Crippen molar-refractivity contribution in [2.45, 2.75) is 18.8 Å². The van der Waals surface area contributed by atoms with Gasteiger partial charge in [0, 0.05) is 16.3 Å². The summed E-state index contributed by atoms with van der Waals surface area (Å²) >= 11 is 11.9. The first-order valence-electron chi connectivity index (χ1n) is 6.75. The first kappa shape index (κ1) is 13.7. The van der Waals surface area contributed by atoms with E-state index >= 15 is 0 Å². The minimum Gasteiger partial charge on any atom is -0.320 e. The Kier molecular flexibility index (Phi) is 3.16. The molecule has 0 spiro atoms. The largest absolute Gasteiger partial charge is 0.320 e. The van der Waals surface area contributed by atoms with E-state index in [1.54, 1.807) is 18.2 Å². The van der Waals surface area contributed by atoms with Gasteiger partial charge in [0.25, 0.3) is 0 Å². The lowest BCUT2D eigenvalue weighted by Crippen LogP contribution is -1.99. The van der Waals surface area contributed by atoms with Crippen molar-refractivity contribution >= 4 is 45.7 Å². The number of nitrogens with zero attached hydrogens (tertiary/aromatic N) is 3. The third kappa shape index (κ3) is 2.38. The summed E-state index contributed by atoms with van der Waals surface area (Å²) in [6, 6.07) is 5.13. The molecule has 2 aromatic heterocycles. The first-order chi connectivity index (χ1) is 10.6. The molecule has 1 saturated carbocycles. The predicted octanol–water partition coefficient (Wildman–Crippen LogP) is 4.42. The highest BCUT2D eigenvalue weighted by atomic mass is 35.5. The fraction of sp³-hybridized carbons (Fsp3) is 0.214. The van der Waals surface area contributed by atoms with Crippen molar-refractivity contribution in [2.75, 3.05) is 5.32 Å². The molecule has 1 aromatic carbocycles. The Morgan fingerprint density at radius 1 is 1.18 bits per heavy atom. The number of aromatic nitrogens is 4. The molecule has 2 N–H and O–H groups in total. The number of rotatable bonds is 3. The Morgan fingerprint density at radius 3 is 2.77 bits per heavy atom. The van der Waals surface area contributed by atoms with E-state index in [0.29, 0.717) is 27.4 Å². The molecule has 5 nitrogen and oxygen atoms in total. The Bertz CT molecular complexity index is 875. The summed E-state index contributed by atoms with van der Waals surface area (Å²) in [6.45, 7) is 0. The van der Waals surface area contributed by atoms with Gasteiger partial charge in [-0.1, -0.05) is 11.6 Å². The second-order valence-electron chi connectivity index (χ2n) is 5.20. The van der Waals surface area contributed by atoms with Crippen LogP contribution >= 0.6 is 23.2 Å². The molecular weight excluding hydrogens is 328 g/mol. The van der Waals surface area contributed by atoms with E-state index in [9.17, 15) is 4.39 Å². The van der Waals surface area contributed by atoms with Crippen LogP contribution in [0.4, 0.5) is 16.0 Å². The topological polar surface area (TPSA) is 66.5 Å². The summed E-state index contributed by atoms with van der Waals surface area (Å²) in [4.78, 5) is 8.23. The van der Waals surface area contributed by atoms with E-state index in [4.69, 9.17) is 23.2 Å². The van der Waals surface area contributed by atoms with Gasteiger partial charge >= 0.3 is 0 Å². The third-order valence-electron chi connectivity index (χ3n) is 3.59. The van der Waals surface area contributed by atoms with Crippen molar-refractivity contribution in [3.63, 3.8) is 0 Å². The standard InChI is InChI=1S/C14H10Cl2FN5/c15-7-3-4-9-8(5-7)12(20-14(16)18-9)19-13-10(17)11(21-22-13)6-1-2-6/h3-6H,1-2H2,(H2,18,19,20,21,22). The highest BCUT2D eigenvalue weighted by molar-refractivity contribution is 6.31. The Morgan fingerprint density at radius 2 is 2.00 bits per heavy atom. The lowest BCUT2D eigenvalue weighted by molar-refractivity contribution is 0.614. The van der Waals surface area contributed by atoms with Crippen LogP contribution in [0.15, 0.2) is 18.2 Å². The second-order valence-corrected chi connectivity index (χ2v) is 5.98. The highest BCUT2D eigenvalue weighted by Crippen LogP contribution is 2.41. The van der Waals surface area contributed by atoms with E-state index in [2.05, 4.69) is 25.5 Å². The van der Waals surface area contributed by atoms with Crippen molar-refractivity contribution in [1.82, 2.24) is 20.2 Å². The van der Waals surface area contributed by atoms with Crippen molar-refractivity contribution < 1.29 is 4.39 Å². The summed E-state index contributed by atoms with van der Waals surface area (Å²) in [6.07, 6.45) is 1.97. The maximum absolute atomic E-state index is 14.3. The summed E-state index contributed by atoms with van der Waals surface area (Å²) in [5, 5.41) is 10.8. The van der Waals surface area contributed by atoms with Gasteiger partial charge in [-0.05, 0) is 42.6 Å². The van der Waals surface area contributed by atoms with E-state index in [1.165, 1.54) is 0 Å². The summed E-state index contributed by atoms with van der Waals surface area (Å²) in [5.74, 6) is 0.318. The molecule has 22 heavy (non-hydrogen) atoms. The van der Waals surface area contributed by atoms with Crippen molar-refractivity contribution in [3.05, 3.63) is 40.0 Å². The minimum absolute atomic E-state index is 0.0654. The summed E-state index contributed by atoms with van der Waals surface area (Å²) < 4.78 is 14.3. The quantitative estimate of drug-likeness (QED) is 0.694. The average Bonchev–Trinajstić information content (AvgIpc) is 3.26. The van der Waals surface area contributed by atoms with Crippen LogP contribution in [0.2, 0.25) is 10.3 Å². The molecule has 0 atom stereocenters. The van der Waals surface area contributed by atoms with Gasteiger partial charge in [0.05, 0.1) is 11.2 Å². The fourth-order valence-electron chi connectivity index (χ4n) is 2.35. The van der Waals surface area contributed by atoms with E-state index < -0.39 is 0 Å². The normalized spacial score (nSPS) is 14.5. The van der Waals surface area contributed by atoms with Crippen LogP contribution in [0.3, 0.4) is 0 Å². The number of anilines is 2. The van der Waals surface area contributed by atoms with E-state index in [0.717, 1.165) is 12.8 Å². The molecule has 2 heterocycles. The van der Waals surface area contributed by atoms with Crippen LogP contribution in [0, 0.1) is 5.82 Å². The van der Waals surface area contributed by atoms with Crippen LogP contribution in [0.25, 0.3) is 10.9 Å². The third-order valence-corrected chi connectivity index (χ3v) is 3.99. The molecule has 0 bridgehead atoms. The molecule has 0 radical (unpaired) electrons. The van der Waals surface area contributed by atoms with Crippen LogP contribution < -0.4 is 5.32 Å². The number of aromatic amines is 1. The van der Waals surface area contributed by atoms with Gasteiger partial charge in [-0.3, -0.25) is 5.10 Å². The predicted molar refractivity (Wildman–Crippen MR) is 83.4 cm³/mol. The molecule has 1 aliphatic rings. The van der Waals surface area contributed by atoms with Gasteiger partial charge in [-0.15, -0.1) is 0 Å². The highest BCUT2D eigenvalue weighted by Gasteiger charge is 2.30. The van der Waals surface area contributed by atoms with Crippen LogP contribution in [-0.4, -0.2) is 20.2 Å². The SMILES string of the molecule is Fc1c(Nc2nc(Cl)nc3ccc(Cl)cc23)n[nH]c1C1CC1. The molecule has 0 saturated heterocycles. The van der Waals surface area contributed by atoms with Crippen LogP contribution in [0.1, 0.15) is 24.5 Å². The number of halogens is 3. The molecule has 112 valence electrons. The maximum atomic E-state index is 14.3. The Labute approximate surface area is 134 Å². The molecular formula is C14H10Cl2FN5. The van der Waals surface area contributed by atoms with Gasteiger partial charge in [0.15, 0.2) is 11.6 Å². The van der Waals surface area contributed by atoms with Crippen molar-refractivity contribution in [3.8, 4) is 0 Å². The number of hydrogen-bond acceptors (Lipinski definition) is 4. The molecule has 1 aliphatic carbocycles. The molecule has 0 unspecified atom stereocenters. The maximum Gasteiger partial charge on any atom is 0.224 e. The molecule has 0 amide bonds. The van der Waals surface area contributed by atoms with Crippen LogP contribution in [-0.2, 0) is 0 Å². The van der Waals surface area contributed by atoms with Crippen molar-refractivity contribution in [2.24, 2.45) is 0 Å². The molecule has 4 rings (SSSR count). The monoisotopic (exact) mass is 337 g/mol. The van der Waals surface area contributed by atoms with Gasteiger partial charge in [-0.2, -0.15) is 10.1 Å². The fourth-order valence-corrected chi connectivity index (χ4v) is 2.69. The summed E-state index contributed by atoms with van der Waals surface area (Å²) in [7, 11) is 0. The minimum atomic E-state index is -0.382. The molecule has 1 fully saturated rings. The second kappa shape index (κ2) is 5.07. The van der Waals surface area contributed by atoms with Gasteiger partial charge < -0.3 is 5.32 Å². The van der Waals surface area contributed by atoms with Gasteiger partial charge in [0.1, 0.15) is 5.82 Å². The average molecular weight is 338 g/mol. The number of hydrogen-bond donors (Lipinski definition) is 2. The van der Waals surface area contributed by atoms with E-state index in [1.807, 2.05) is 0 Å². The number of nitrogens with one attached hydrogen (secondary N) is 2. The number of fused-ring (bicyclic) bond motifs is 1. The zero-order valence-corrected chi connectivity index (χ0v) is 12.7. The zero-order valence-electron chi connectivity index (χ0n) is 11.2.